The van der Waals surface area contributed by atoms with Crippen LogP contribution in [0.25, 0.3) is 11.3 Å². The Balaban J connectivity index is 1.79. The van der Waals surface area contributed by atoms with Gasteiger partial charge in [-0.05, 0) is 60.9 Å². The summed E-state index contributed by atoms with van der Waals surface area (Å²) in [7, 11) is -3.88. The van der Waals surface area contributed by atoms with Crippen LogP contribution < -0.4 is 15.0 Å². The number of hydrogen-bond acceptors (Lipinski definition) is 5. The van der Waals surface area contributed by atoms with Gasteiger partial charge < -0.3 is 4.74 Å². The number of sulfonamides is 1. The van der Waals surface area contributed by atoms with Crippen molar-refractivity contribution < 1.29 is 17.5 Å². The molecule has 0 spiro atoms. The predicted molar refractivity (Wildman–Crippen MR) is 121 cm³/mol. The minimum Gasteiger partial charge on any atom is -0.492 e. The fourth-order valence-corrected chi connectivity index (χ4v) is 4.31. The van der Waals surface area contributed by atoms with Gasteiger partial charge in [0.25, 0.3) is 5.56 Å². The molecule has 9 heteroatoms. The molecule has 2 aromatic carbocycles. The van der Waals surface area contributed by atoms with Crippen LogP contribution in [0.15, 0.2) is 64.3 Å². The minimum absolute atomic E-state index is 0.0287. The van der Waals surface area contributed by atoms with Crippen molar-refractivity contribution in [2.45, 2.75) is 38.1 Å². The van der Waals surface area contributed by atoms with Gasteiger partial charge in [0.05, 0.1) is 18.8 Å². The maximum absolute atomic E-state index is 13.2. The normalized spacial score (nSPS) is 11.7. The molecular formula is C23H26FN3O4S. The number of nitrogens with zero attached hydrogens (tertiary/aromatic N) is 2. The maximum atomic E-state index is 13.2. The van der Waals surface area contributed by atoms with Crippen LogP contribution in [0.5, 0.6) is 5.75 Å². The van der Waals surface area contributed by atoms with Crippen molar-refractivity contribution in [3.63, 3.8) is 0 Å². The number of hydrogen-bond donors (Lipinski definition) is 1. The monoisotopic (exact) mass is 459 g/mol. The van der Waals surface area contributed by atoms with Crippen molar-refractivity contribution in [3.8, 4) is 17.0 Å². The number of rotatable bonds is 9. The van der Waals surface area contributed by atoms with Crippen LogP contribution in [0.2, 0.25) is 0 Å². The SMILES string of the molecule is CCOc1ccc(C(C)C)cc1S(=O)(=O)NCCn1nc(-c2ccc(F)cc2)ccc1=O. The van der Waals surface area contributed by atoms with Gasteiger partial charge in [0.1, 0.15) is 16.5 Å². The number of nitrogens with one attached hydrogen (secondary N) is 1. The minimum atomic E-state index is -3.88. The van der Waals surface area contributed by atoms with E-state index in [0.717, 1.165) is 5.56 Å². The number of halogens is 1. The zero-order chi connectivity index (χ0) is 23.3. The highest BCUT2D eigenvalue weighted by Gasteiger charge is 2.21. The lowest BCUT2D eigenvalue weighted by Crippen LogP contribution is -2.32. The Labute approximate surface area is 186 Å². The topological polar surface area (TPSA) is 90.3 Å². The van der Waals surface area contributed by atoms with Gasteiger partial charge in [-0.1, -0.05) is 19.9 Å². The highest BCUT2D eigenvalue weighted by atomic mass is 32.2. The molecule has 170 valence electrons. The smallest absolute Gasteiger partial charge is 0.266 e. The second kappa shape index (κ2) is 10.1. The van der Waals surface area contributed by atoms with Crippen LogP contribution in [0.3, 0.4) is 0 Å². The predicted octanol–water partition coefficient (Wildman–Crippen LogP) is 3.55. The van der Waals surface area contributed by atoms with Gasteiger partial charge in [0.15, 0.2) is 0 Å². The number of ether oxygens (including phenoxy) is 1. The first-order valence-corrected chi connectivity index (χ1v) is 11.8. The van der Waals surface area contributed by atoms with Gasteiger partial charge in [-0.25, -0.2) is 22.2 Å². The van der Waals surface area contributed by atoms with Crippen molar-refractivity contribution in [2.24, 2.45) is 0 Å². The van der Waals surface area contributed by atoms with E-state index < -0.39 is 10.0 Å². The fraction of sp³-hybridized carbons (Fsp3) is 0.304. The first kappa shape index (κ1) is 23.6. The quantitative estimate of drug-likeness (QED) is 0.529. The third-order valence-corrected chi connectivity index (χ3v) is 6.33. The van der Waals surface area contributed by atoms with Crippen LogP contribution in [-0.4, -0.2) is 31.3 Å². The number of aromatic nitrogens is 2. The van der Waals surface area contributed by atoms with Crippen molar-refractivity contribution in [1.82, 2.24) is 14.5 Å². The van der Waals surface area contributed by atoms with Gasteiger partial charge >= 0.3 is 0 Å². The summed E-state index contributed by atoms with van der Waals surface area (Å²) >= 11 is 0. The van der Waals surface area contributed by atoms with E-state index in [1.54, 1.807) is 37.3 Å². The van der Waals surface area contributed by atoms with E-state index >= 15 is 0 Å². The molecule has 0 saturated carbocycles. The third kappa shape index (κ3) is 5.60. The largest absolute Gasteiger partial charge is 0.492 e. The molecule has 0 unspecified atom stereocenters. The molecule has 0 atom stereocenters. The molecule has 0 bridgehead atoms. The molecule has 0 aliphatic rings. The van der Waals surface area contributed by atoms with E-state index in [0.29, 0.717) is 17.9 Å². The summed E-state index contributed by atoms with van der Waals surface area (Å²) in [5.74, 6) is 0.0547. The molecule has 0 amide bonds. The highest BCUT2D eigenvalue weighted by Crippen LogP contribution is 2.28. The summed E-state index contributed by atoms with van der Waals surface area (Å²) in [6.07, 6.45) is 0. The Morgan fingerprint density at radius 1 is 1.09 bits per heavy atom. The standard InChI is InChI=1S/C23H26FN3O4S/c1-4-31-21-11-7-18(16(2)3)15-22(21)32(29,30)25-13-14-27-23(28)12-10-20(26-27)17-5-8-19(24)9-6-17/h5-12,15-16,25H,4,13-14H2,1-3H3. The highest BCUT2D eigenvalue weighted by molar-refractivity contribution is 7.89. The first-order chi connectivity index (χ1) is 15.2. The van der Waals surface area contributed by atoms with Crippen molar-refractivity contribution >= 4 is 10.0 Å². The van der Waals surface area contributed by atoms with E-state index in [2.05, 4.69) is 9.82 Å². The van der Waals surface area contributed by atoms with E-state index in [1.807, 2.05) is 19.9 Å². The maximum Gasteiger partial charge on any atom is 0.266 e. The van der Waals surface area contributed by atoms with Crippen molar-refractivity contribution in [3.05, 3.63) is 76.3 Å². The van der Waals surface area contributed by atoms with Crippen LogP contribution >= 0.6 is 0 Å². The second-order valence-electron chi connectivity index (χ2n) is 7.48. The fourth-order valence-electron chi connectivity index (χ4n) is 3.12. The Kier molecular flexibility index (Phi) is 7.42. The van der Waals surface area contributed by atoms with Crippen LogP contribution in [-0.2, 0) is 16.6 Å². The molecule has 1 heterocycles. The second-order valence-corrected chi connectivity index (χ2v) is 9.21. The van der Waals surface area contributed by atoms with Crippen molar-refractivity contribution in [2.75, 3.05) is 13.2 Å². The summed E-state index contributed by atoms with van der Waals surface area (Å²) in [5.41, 5.74) is 1.63. The Bertz CT molecular complexity index is 1240. The Morgan fingerprint density at radius 2 is 1.81 bits per heavy atom. The molecule has 32 heavy (non-hydrogen) atoms. The van der Waals surface area contributed by atoms with Gasteiger partial charge in [-0.3, -0.25) is 4.79 Å². The summed E-state index contributed by atoms with van der Waals surface area (Å²) in [6.45, 7) is 6.06. The molecule has 7 nitrogen and oxygen atoms in total. The molecule has 0 aliphatic heterocycles. The average Bonchev–Trinajstić information content (AvgIpc) is 2.76. The molecule has 3 aromatic rings. The van der Waals surface area contributed by atoms with Crippen LogP contribution in [0.4, 0.5) is 4.39 Å². The van der Waals surface area contributed by atoms with E-state index in [9.17, 15) is 17.6 Å². The van der Waals surface area contributed by atoms with Gasteiger partial charge in [0, 0.05) is 18.2 Å². The third-order valence-electron chi connectivity index (χ3n) is 4.85. The Morgan fingerprint density at radius 3 is 2.47 bits per heavy atom. The molecule has 0 aliphatic carbocycles. The van der Waals surface area contributed by atoms with E-state index in [-0.39, 0.29) is 41.0 Å². The van der Waals surface area contributed by atoms with Crippen LogP contribution in [0.1, 0.15) is 32.3 Å². The number of benzene rings is 2. The van der Waals surface area contributed by atoms with Gasteiger partial charge in [-0.15, -0.1) is 0 Å². The molecule has 0 saturated heterocycles. The van der Waals surface area contributed by atoms with E-state index in [4.69, 9.17) is 4.74 Å². The van der Waals surface area contributed by atoms with Gasteiger partial charge in [-0.2, -0.15) is 5.10 Å². The average molecular weight is 460 g/mol. The molecule has 0 radical (unpaired) electrons. The summed E-state index contributed by atoms with van der Waals surface area (Å²) < 4.78 is 48.3. The summed E-state index contributed by atoms with van der Waals surface area (Å²) in [4.78, 5) is 12.2. The zero-order valence-corrected chi connectivity index (χ0v) is 19.0. The molecule has 1 aromatic heterocycles. The van der Waals surface area contributed by atoms with E-state index in [1.165, 1.54) is 22.9 Å². The molecule has 3 rings (SSSR count). The lowest BCUT2D eigenvalue weighted by molar-refractivity contribution is 0.330. The molecule has 0 fully saturated rings. The molecule has 1 N–H and O–H groups in total. The first-order valence-electron chi connectivity index (χ1n) is 10.3. The lowest BCUT2D eigenvalue weighted by Gasteiger charge is -2.15. The lowest BCUT2D eigenvalue weighted by atomic mass is 10.0. The van der Waals surface area contributed by atoms with Crippen LogP contribution in [0, 0.1) is 5.82 Å². The molecular weight excluding hydrogens is 433 g/mol. The zero-order valence-electron chi connectivity index (χ0n) is 18.2. The summed E-state index contributed by atoms with van der Waals surface area (Å²) in [6, 6.07) is 13.7. The Hall–Kier alpha value is -3.04. The van der Waals surface area contributed by atoms with Crippen molar-refractivity contribution in [1.29, 1.82) is 0 Å². The van der Waals surface area contributed by atoms with Gasteiger partial charge in [0.2, 0.25) is 10.0 Å². The summed E-state index contributed by atoms with van der Waals surface area (Å²) in [5, 5.41) is 4.27.